The highest BCUT2D eigenvalue weighted by atomic mass is 32.1. The van der Waals surface area contributed by atoms with E-state index in [0.717, 1.165) is 12.2 Å². The van der Waals surface area contributed by atoms with E-state index in [0.29, 0.717) is 0 Å². The van der Waals surface area contributed by atoms with Crippen LogP contribution in [0.4, 0.5) is 0 Å². The van der Waals surface area contributed by atoms with E-state index in [9.17, 15) is 0 Å². The van der Waals surface area contributed by atoms with Crippen LogP contribution in [0.15, 0.2) is 66.7 Å². The molecule has 0 aliphatic rings. The van der Waals surface area contributed by atoms with Gasteiger partial charge in [-0.05, 0) is 35.4 Å². The van der Waals surface area contributed by atoms with Crippen molar-refractivity contribution < 1.29 is 4.74 Å². The molecule has 0 saturated heterocycles. The maximum Gasteiger partial charge on any atom is 0.118 e. The van der Waals surface area contributed by atoms with Crippen LogP contribution in [0.5, 0.6) is 5.75 Å². The minimum atomic E-state index is 0.907. The van der Waals surface area contributed by atoms with Crippen molar-refractivity contribution in [3.05, 3.63) is 77.2 Å². The third-order valence-electron chi connectivity index (χ3n) is 3.26. The standard InChI is InChI=1S/C18H16OS/c1-19-16-9-7-14(8-10-16)13-17-11-12-18(20-17)15-5-3-2-4-6-15/h2-12H,13H2,1H3. The van der Waals surface area contributed by atoms with Gasteiger partial charge >= 0.3 is 0 Å². The Morgan fingerprint density at radius 1 is 0.850 bits per heavy atom. The van der Waals surface area contributed by atoms with Gasteiger partial charge in [0.2, 0.25) is 0 Å². The average molecular weight is 280 g/mol. The number of benzene rings is 2. The fourth-order valence-electron chi connectivity index (χ4n) is 2.18. The van der Waals surface area contributed by atoms with Crippen molar-refractivity contribution in [2.75, 3.05) is 7.11 Å². The molecule has 0 aliphatic heterocycles. The van der Waals surface area contributed by atoms with Crippen molar-refractivity contribution in [2.45, 2.75) is 6.42 Å². The molecule has 0 amide bonds. The van der Waals surface area contributed by atoms with Crippen molar-refractivity contribution >= 4 is 11.3 Å². The van der Waals surface area contributed by atoms with Crippen LogP contribution < -0.4 is 4.74 Å². The molecule has 0 atom stereocenters. The van der Waals surface area contributed by atoms with Crippen LogP contribution >= 0.6 is 11.3 Å². The van der Waals surface area contributed by atoms with Crippen LogP contribution in [0.3, 0.4) is 0 Å². The predicted molar refractivity (Wildman–Crippen MR) is 85.6 cm³/mol. The smallest absolute Gasteiger partial charge is 0.118 e. The minimum Gasteiger partial charge on any atom is -0.497 e. The summed E-state index contributed by atoms with van der Waals surface area (Å²) in [6.07, 6.45) is 0.974. The van der Waals surface area contributed by atoms with Gasteiger partial charge in [-0.25, -0.2) is 0 Å². The molecule has 1 nitrogen and oxygen atoms in total. The number of ether oxygens (including phenoxy) is 1. The molecular formula is C18H16OS. The second-order valence-electron chi connectivity index (χ2n) is 4.66. The molecule has 0 unspecified atom stereocenters. The van der Waals surface area contributed by atoms with Crippen molar-refractivity contribution in [3.8, 4) is 16.2 Å². The first-order valence-corrected chi connectivity index (χ1v) is 7.44. The molecule has 3 rings (SSSR count). The summed E-state index contributed by atoms with van der Waals surface area (Å²) in [7, 11) is 1.69. The third kappa shape index (κ3) is 2.91. The van der Waals surface area contributed by atoms with Crippen LogP contribution in [0, 0.1) is 0 Å². The number of rotatable bonds is 4. The monoisotopic (exact) mass is 280 g/mol. The summed E-state index contributed by atoms with van der Waals surface area (Å²) < 4.78 is 5.18. The lowest BCUT2D eigenvalue weighted by Crippen LogP contribution is -1.86. The number of hydrogen-bond acceptors (Lipinski definition) is 2. The molecule has 0 N–H and O–H groups in total. The van der Waals surface area contributed by atoms with Gasteiger partial charge in [0.1, 0.15) is 5.75 Å². The fourth-order valence-corrected chi connectivity index (χ4v) is 3.22. The number of methoxy groups -OCH3 is 1. The van der Waals surface area contributed by atoms with Crippen molar-refractivity contribution in [3.63, 3.8) is 0 Å². The Hall–Kier alpha value is -2.06. The van der Waals surface area contributed by atoms with Gasteiger partial charge in [-0.15, -0.1) is 11.3 Å². The topological polar surface area (TPSA) is 9.23 Å². The molecule has 0 bridgehead atoms. The molecule has 0 radical (unpaired) electrons. The predicted octanol–water partition coefficient (Wildman–Crippen LogP) is 5.01. The highest BCUT2D eigenvalue weighted by Crippen LogP contribution is 2.29. The Balaban J connectivity index is 1.77. The van der Waals surface area contributed by atoms with Gasteiger partial charge in [-0.2, -0.15) is 0 Å². The van der Waals surface area contributed by atoms with Gasteiger partial charge in [-0.3, -0.25) is 0 Å². The largest absolute Gasteiger partial charge is 0.497 e. The second kappa shape index (κ2) is 5.93. The zero-order valence-electron chi connectivity index (χ0n) is 11.4. The molecular weight excluding hydrogens is 264 g/mol. The number of hydrogen-bond donors (Lipinski definition) is 0. The van der Waals surface area contributed by atoms with Crippen LogP contribution in [-0.4, -0.2) is 7.11 Å². The molecule has 2 heteroatoms. The summed E-state index contributed by atoms with van der Waals surface area (Å²) in [5.41, 5.74) is 2.60. The fraction of sp³-hybridized carbons (Fsp3) is 0.111. The quantitative estimate of drug-likeness (QED) is 0.652. The van der Waals surface area contributed by atoms with Crippen molar-refractivity contribution in [1.29, 1.82) is 0 Å². The van der Waals surface area contributed by atoms with Gasteiger partial charge < -0.3 is 4.74 Å². The Kier molecular flexibility index (Phi) is 3.84. The summed E-state index contributed by atoms with van der Waals surface area (Å²) in [5.74, 6) is 0.907. The third-order valence-corrected chi connectivity index (χ3v) is 4.39. The molecule has 1 aromatic heterocycles. The van der Waals surface area contributed by atoms with E-state index < -0.39 is 0 Å². The number of thiophene rings is 1. The van der Waals surface area contributed by atoms with Crippen molar-refractivity contribution in [2.24, 2.45) is 0 Å². The lowest BCUT2D eigenvalue weighted by molar-refractivity contribution is 0.414. The van der Waals surface area contributed by atoms with Gasteiger partial charge in [0, 0.05) is 16.2 Å². The van der Waals surface area contributed by atoms with E-state index >= 15 is 0 Å². The van der Waals surface area contributed by atoms with Gasteiger partial charge in [0.05, 0.1) is 7.11 Å². The first kappa shape index (κ1) is 12.9. The van der Waals surface area contributed by atoms with Crippen LogP contribution in [0.2, 0.25) is 0 Å². The maximum absolute atomic E-state index is 5.18. The second-order valence-corrected chi connectivity index (χ2v) is 5.83. The van der Waals surface area contributed by atoms with Crippen LogP contribution in [-0.2, 0) is 6.42 Å². The Morgan fingerprint density at radius 3 is 2.30 bits per heavy atom. The first-order chi connectivity index (χ1) is 9.85. The lowest BCUT2D eigenvalue weighted by Gasteiger charge is -2.02. The zero-order chi connectivity index (χ0) is 13.8. The summed E-state index contributed by atoms with van der Waals surface area (Å²) in [6, 6.07) is 23.2. The average Bonchev–Trinajstić information content (AvgIpc) is 2.97. The normalized spacial score (nSPS) is 10.4. The Labute approximate surface area is 123 Å². The molecule has 0 fully saturated rings. The van der Waals surface area contributed by atoms with Crippen LogP contribution in [0.25, 0.3) is 10.4 Å². The Bertz CT molecular complexity index is 668. The van der Waals surface area contributed by atoms with Gasteiger partial charge in [-0.1, -0.05) is 42.5 Å². The van der Waals surface area contributed by atoms with Gasteiger partial charge in [0.25, 0.3) is 0 Å². The zero-order valence-corrected chi connectivity index (χ0v) is 12.2. The van der Waals surface area contributed by atoms with E-state index in [-0.39, 0.29) is 0 Å². The van der Waals surface area contributed by atoms with E-state index in [2.05, 4.69) is 54.6 Å². The van der Waals surface area contributed by atoms with Crippen LogP contribution in [0.1, 0.15) is 10.4 Å². The molecule has 0 saturated carbocycles. The molecule has 3 aromatic rings. The van der Waals surface area contributed by atoms with E-state index in [4.69, 9.17) is 4.74 Å². The van der Waals surface area contributed by atoms with Crippen molar-refractivity contribution in [1.82, 2.24) is 0 Å². The molecule has 100 valence electrons. The Morgan fingerprint density at radius 2 is 1.60 bits per heavy atom. The molecule has 20 heavy (non-hydrogen) atoms. The summed E-state index contributed by atoms with van der Waals surface area (Å²) >= 11 is 1.86. The maximum atomic E-state index is 5.18. The van der Waals surface area contributed by atoms with E-state index in [1.165, 1.54) is 20.9 Å². The summed E-state index contributed by atoms with van der Waals surface area (Å²) in [5, 5.41) is 0. The summed E-state index contributed by atoms with van der Waals surface area (Å²) in [4.78, 5) is 2.71. The summed E-state index contributed by atoms with van der Waals surface area (Å²) in [6.45, 7) is 0. The molecule has 0 spiro atoms. The first-order valence-electron chi connectivity index (χ1n) is 6.62. The molecule has 0 aliphatic carbocycles. The lowest BCUT2D eigenvalue weighted by atomic mass is 10.1. The van der Waals surface area contributed by atoms with Gasteiger partial charge in [0.15, 0.2) is 0 Å². The SMILES string of the molecule is COc1ccc(Cc2ccc(-c3ccccc3)s2)cc1. The molecule has 1 heterocycles. The molecule has 2 aromatic carbocycles. The van der Waals surface area contributed by atoms with E-state index in [1.807, 2.05) is 23.5 Å². The highest BCUT2D eigenvalue weighted by molar-refractivity contribution is 7.15. The minimum absolute atomic E-state index is 0.907. The van der Waals surface area contributed by atoms with E-state index in [1.54, 1.807) is 7.11 Å². The highest BCUT2D eigenvalue weighted by Gasteiger charge is 2.03.